The molecule has 4 rings (SSSR count). The first kappa shape index (κ1) is 20.1. The molecule has 2 aliphatic heterocycles. The van der Waals surface area contributed by atoms with Crippen LogP contribution in [0.25, 0.3) is 5.57 Å². The molecule has 0 aromatic heterocycles. The Labute approximate surface area is 173 Å². The van der Waals surface area contributed by atoms with Gasteiger partial charge in [0.1, 0.15) is 23.1 Å². The van der Waals surface area contributed by atoms with Crippen molar-refractivity contribution in [2.24, 2.45) is 0 Å². The van der Waals surface area contributed by atoms with E-state index in [1.807, 2.05) is 11.8 Å². The number of carbonyl (C=O) groups excluding carboxylic acids is 2. The summed E-state index contributed by atoms with van der Waals surface area (Å²) in [6, 6.07) is 9.65. The van der Waals surface area contributed by atoms with Crippen LogP contribution in [0, 0.1) is 11.6 Å². The monoisotopic (exact) mass is 412 g/mol. The summed E-state index contributed by atoms with van der Waals surface area (Å²) in [7, 11) is 0. The molecule has 0 unspecified atom stereocenters. The first-order valence-corrected chi connectivity index (χ1v) is 10.1. The van der Waals surface area contributed by atoms with E-state index in [0.29, 0.717) is 31.0 Å². The fourth-order valence-electron chi connectivity index (χ4n) is 3.83. The Kier molecular flexibility index (Phi) is 5.53. The smallest absolute Gasteiger partial charge is 0.282 e. The molecule has 0 N–H and O–H groups in total. The van der Waals surface area contributed by atoms with Crippen molar-refractivity contribution in [1.82, 2.24) is 4.90 Å². The predicted molar refractivity (Wildman–Crippen MR) is 109 cm³/mol. The van der Waals surface area contributed by atoms with Gasteiger partial charge in [0.05, 0.1) is 17.9 Å². The maximum absolute atomic E-state index is 14.4. The summed E-state index contributed by atoms with van der Waals surface area (Å²) in [5.74, 6) is -2.18. The van der Waals surface area contributed by atoms with E-state index in [0.717, 1.165) is 42.4 Å². The quantitative estimate of drug-likeness (QED) is 0.670. The van der Waals surface area contributed by atoms with Gasteiger partial charge in [-0.1, -0.05) is 19.1 Å². The lowest BCUT2D eigenvalue weighted by molar-refractivity contribution is -0.120. The largest absolute Gasteiger partial charge is 0.494 e. The molecule has 2 aromatic rings. The normalized spacial score (nSPS) is 16.8. The summed E-state index contributed by atoms with van der Waals surface area (Å²) < 4.78 is 33.8. The lowest BCUT2D eigenvalue weighted by Crippen LogP contribution is -2.35. The van der Waals surface area contributed by atoms with Gasteiger partial charge in [-0.15, -0.1) is 0 Å². The maximum Gasteiger partial charge on any atom is 0.282 e. The molecule has 1 saturated heterocycles. The second-order valence-electron chi connectivity index (χ2n) is 7.33. The molecule has 156 valence electrons. The number of hydrogen-bond acceptors (Lipinski definition) is 4. The zero-order valence-corrected chi connectivity index (χ0v) is 16.7. The average molecular weight is 412 g/mol. The minimum Gasteiger partial charge on any atom is -0.494 e. The van der Waals surface area contributed by atoms with Gasteiger partial charge in [-0.3, -0.25) is 9.59 Å². The topological polar surface area (TPSA) is 49.9 Å². The van der Waals surface area contributed by atoms with Gasteiger partial charge >= 0.3 is 0 Å². The van der Waals surface area contributed by atoms with Gasteiger partial charge in [0.2, 0.25) is 0 Å². The molecule has 2 amide bonds. The van der Waals surface area contributed by atoms with Crippen LogP contribution < -0.4 is 9.64 Å². The molecule has 1 fully saturated rings. The molecule has 2 aromatic carbocycles. The average Bonchev–Trinajstić information content (AvgIpc) is 3.35. The zero-order valence-electron chi connectivity index (χ0n) is 16.7. The van der Waals surface area contributed by atoms with Gasteiger partial charge in [0.15, 0.2) is 0 Å². The minimum atomic E-state index is -0.830. The van der Waals surface area contributed by atoms with Crippen LogP contribution in [0.4, 0.5) is 14.5 Å². The first-order chi connectivity index (χ1) is 14.5. The third kappa shape index (κ3) is 3.56. The second kappa shape index (κ2) is 8.26. The molecular formula is C23H22F2N2O3. The van der Waals surface area contributed by atoms with Crippen molar-refractivity contribution < 1.29 is 23.1 Å². The van der Waals surface area contributed by atoms with Crippen molar-refractivity contribution >= 4 is 23.1 Å². The number of anilines is 1. The van der Waals surface area contributed by atoms with Crippen LogP contribution in [0.3, 0.4) is 0 Å². The van der Waals surface area contributed by atoms with E-state index < -0.39 is 23.4 Å². The molecule has 2 aliphatic rings. The van der Waals surface area contributed by atoms with Crippen molar-refractivity contribution in [2.45, 2.75) is 26.2 Å². The van der Waals surface area contributed by atoms with E-state index in [2.05, 4.69) is 0 Å². The molecule has 7 heteroatoms. The third-order valence-corrected chi connectivity index (χ3v) is 5.25. The molecule has 0 spiro atoms. The lowest BCUT2D eigenvalue weighted by atomic mass is 10.0. The lowest BCUT2D eigenvalue weighted by Gasteiger charge is -2.20. The van der Waals surface area contributed by atoms with Crippen LogP contribution in [0.5, 0.6) is 5.75 Å². The van der Waals surface area contributed by atoms with Crippen LogP contribution in [0.2, 0.25) is 0 Å². The highest BCUT2D eigenvalue weighted by Gasteiger charge is 2.44. The first-order valence-electron chi connectivity index (χ1n) is 10.1. The Morgan fingerprint density at radius 1 is 0.967 bits per heavy atom. The Morgan fingerprint density at radius 2 is 1.67 bits per heavy atom. The van der Waals surface area contributed by atoms with Crippen LogP contribution in [0.1, 0.15) is 31.7 Å². The number of carbonyl (C=O) groups is 2. The molecular weight excluding hydrogens is 390 g/mol. The minimum absolute atomic E-state index is 0.201. The highest BCUT2D eigenvalue weighted by atomic mass is 19.1. The van der Waals surface area contributed by atoms with Gasteiger partial charge < -0.3 is 9.64 Å². The fraction of sp³-hybridized carbons (Fsp3) is 0.304. The Hall–Kier alpha value is -3.22. The Balaban J connectivity index is 1.77. The highest BCUT2D eigenvalue weighted by Crippen LogP contribution is 2.37. The molecule has 2 heterocycles. The van der Waals surface area contributed by atoms with E-state index >= 15 is 0 Å². The SMILES string of the molecule is CCCOc1ccc(C2=C(N3CCCC3)C(=O)N(c3cc(F)ccc3F)C2=O)cc1. The molecule has 0 atom stereocenters. The van der Waals surface area contributed by atoms with Crippen molar-refractivity contribution in [3.05, 3.63) is 65.4 Å². The van der Waals surface area contributed by atoms with Crippen molar-refractivity contribution in [3.8, 4) is 5.75 Å². The number of amides is 2. The van der Waals surface area contributed by atoms with Gasteiger partial charge in [0, 0.05) is 19.2 Å². The summed E-state index contributed by atoms with van der Waals surface area (Å²) in [6.07, 6.45) is 2.67. The summed E-state index contributed by atoms with van der Waals surface area (Å²) in [5, 5.41) is 0. The van der Waals surface area contributed by atoms with E-state index in [4.69, 9.17) is 4.74 Å². The molecule has 0 bridgehead atoms. The van der Waals surface area contributed by atoms with Gasteiger partial charge in [-0.2, -0.15) is 0 Å². The van der Waals surface area contributed by atoms with E-state index in [9.17, 15) is 18.4 Å². The summed E-state index contributed by atoms with van der Waals surface area (Å²) in [5.41, 5.74) is 0.606. The molecule has 0 radical (unpaired) electrons. The van der Waals surface area contributed by atoms with E-state index in [1.165, 1.54) is 0 Å². The van der Waals surface area contributed by atoms with Crippen molar-refractivity contribution in [2.75, 3.05) is 24.6 Å². The third-order valence-electron chi connectivity index (χ3n) is 5.25. The van der Waals surface area contributed by atoms with Crippen LogP contribution in [-0.2, 0) is 9.59 Å². The van der Waals surface area contributed by atoms with E-state index in [1.54, 1.807) is 24.3 Å². The van der Waals surface area contributed by atoms with E-state index in [-0.39, 0.29) is 17.0 Å². The molecule has 0 saturated carbocycles. The summed E-state index contributed by atoms with van der Waals surface area (Å²) in [6.45, 7) is 3.85. The molecule has 30 heavy (non-hydrogen) atoms. The number of halogens is 2. The predicted octanol–water partition coefficient (Wildman–Crippen LogP) is 4.13. The number of benzene rings is 2. The number of nitrogens with zero attached hydrogens (tertiary/aromatic N) is 2. The van der Waals surface area contributed by atoms with Crippen molar-refractivity contribution in [1.29, 1.82) is 0 Å². The Bertz CT molecular complexity index is 1010. The number of likely N-dealkylation sites (tertiary alicyclic amines) is 1. The maximum atomic E-state index is 14.4. The van der Waals surface area contributed by atoms with Gasteiger partial charge in [-0.25, -0.2) is 13.7 Å². The number of ether oxygens (including phenoxy) is 1. The molecule has 5 nitrogen and oxygen atoms in total. The summed E-state index contributed by atoms with van der Waals surface area (Å²) >= 11 is 0. The standard InChI is InChI=1S/C23H22F2N2O3/c1-2-13-30-17-8-5-15(6-9-17)20-21(26-11-3-4-12-26)23(29)27(22(20)28)19-14-16(24)7-10-18(19)25/h5-10,14H,2-4,11-13H2,1H3. The number of rotatable bonds is 6. The fourth-order valence-corrected chi connectivity index (χ4v) is 3.83. The second-order valence-corrected chi connectivity index (χ2v) is 7.33. The number of imide groups is 1. The van der Waals surface area contributed by atoms with Crippen molar-refractivity contribution in [3.63, 3.8) is 0 Å². The highest BCUT2D eigenvalue weighted by molar-refractivity contribution is 6.45. The zero-order chi connectivity index (χ0) is 21.3. The number of hydrogen-bond donors (Lipinski definition) is 0. The summed E-state index contributed by atoms with van der Waals surface area (Å²) in [4.78, 5) is 29.1. The Morgan fingerprint density at radius 3 is 2.33 bits per heavy atom. The van der Waals surface area contributed by atoms with Crippen LogP contribution >= 0.6 is 0 Å². The van der Waals surface area contributed by atoms with Crippen LogP contribution in [0.15, 0.2) is 48.2 Å². The van der Waals surface area contributed by atoms with Crippen LogP contribution in [-0.4, -0.2) is 36.4 Å². The van der Waals surface area contributed by atoms with Gasteiger partial charge in [-0.05, 0) is 49.1 Å². The molecule has 0 aliphatic carbocycles. The van der Waals surface area contributed by atoms with Gasteiger partial charge in [0.25, 0.3) is 11.8 Å².